The molecule has 34 heavy (non-hydrogen) atoms. The van der Waals surface area contributed by atoms with Gasteiger partial charge in [0.1, 0.15) is 23.8 Å². The molecule has 0 aliphatic heterocycles. The number of nitrogens with zero attached hydrogens (tertiary/aromatic N) is 5. The van der Waals surface area contributed by atoms with Crippen LogP contribution < -0.4 is 10.6 Å². The van der Waals surface area contributed by atoms with Crippen LogP contribution in [0, 0.1) is 12.7 Å². The molecule has 3 heterocycles. The summed E-state index contributed by atoms with van der Waals surface area (Å²) >= 11 is 0. The van der Waals surface area contributed by atoms with Crippen molar-refractivity contribution in [3.05, 3.63) is 58.9 Å². The molecule has 0 aliphatic carbocycles. The highest BCUT2D eigenvalue weighted by Gasteiger charge is 2.24. The second-order valence-electron chi connectivity index (χ2n) is 9.03. The lowest BCUT2D eigenvalue weighted by Crippen LogP contribution is -2.40. The molecule has 0 aliphatic rings. The van der Waals surface area contributed by atoms with Crippen molar-refractivity contribution in [2.45, 2.75) is 52.6 Å². The van der Waals surface area contributed by atoms with E-state index in [1.807, 2.05) is 20.8 Å². The largest absolute Gasteiger partial charge is 0.363 e. The van der Waals surface area contributed by atoms with Gasteiger partial charge in [-0.1, -0.05) is 18.2 Å². The fraction of sp³-hybridized carbons (Fsp3) is 0.348. The number of halogens is 3. The summed E-state index contributed by atoms with van der Waals surface area (Å²) in [6, 6.07) is 4.76. The van der Waals surface area contributed by atoms with Crippen LogP contribution in [0.15, 0.2) is 30.6 Å². The van der Waals surface area contributed by atoms with E-state index in [0.29, 0.717) is 28.3 Å². The fourth-order valence-corrected chi connectivity index (χ4v) is 3.69. The molecule has 0 spiro atoms. The number of carbonyl (C=O) groups is 1. The first-order chi connectivity index (χ1) is 16.0. The van der Waals surface area contributed by atoms with Crippen molar-refractivity contribution in [3.8, 4) is 0 Å². The van der Waals surface area contributed by atoms with E-state index in [1.54, 1.807) is 19.9 Å². The minimum absolute atomic E-state index is 0.0646. The van der Waals surface area contributed by atoms with Crippen LogP contribution in [-0.4, -0.2) is 36.0 Å². The zero-order valence-corrected chi connectivity index (χ0v) is 19.3. The molecule has 0 radical (unpaired) electrons. The third-order valence-corrected chi connectivity index (χ3v) is 5.16. The molecule has 0 bridgehead atoms. The first-order valence-electron chi connectivity index (χ1n) is 10.6. The van der Waals surface area contributed by atoms with E-state index in [4.69, 9.17) is 0 Å². The van der Waals surface area contributed by atoms with Crippen molar-refractivity contribution in [3.63, 3.8) is 0 Å². The normalized spacial score (nSPS) is 13.0. The van der Waals surface area contributed by atoms with Crippen LogP contribution in [0.4, 0.5) is 19.0 Å². The van der Waals surface area contributed by atoms with E-state index >= 15 is 0 Å². The van der Waals surface area contributed by atoms with Gasteiger partial charge in [0, 0.05) is 11.1 Å². The molecule has 1 atom stereocenters. The fourth-order valence-electron chi connectivity index (χ4n) is 3.69. The number of hydrogen-bond acceptors (Lipinski definition) is 6. The maximum atomic E-state index is 14.7. The minimum atomic E-state index is -2.93. The topological polar surface area (TPSA) is 97.1 Å². The molecule has 2 N–H and O–H groups in total. The Balaban J connectivity index is 1.85. The van der Waals surface area contributed by atoms with Gasteiger partial charge in [0.2, 0.25) is 0 Å². The maximum absolute atomic E-state index is 14.7. The molecule has 11 heteroatoms. The van der Waals surface area contributed by atoms with Crippen molar-refractivity contribution in [1.29, 1.82) is 0 Å². The average Bonchev–Trinajstić information content (AvgIpc) is 3.22. The monoisotopic (exact) mass is 471 g/mol. The predicted octanol–water partition coefficient (Wildman–Crippen LogP) is 4.76. The van der Waals surface area contributed by atoms with E-state index in [0.717, 1.165) is 6.07 Å². The maximum Gasteiger partial charge on any atom is 0.266 e. The molecule has 4 aromatic rings. The third kappa shape index (κ3) is 4.37. The highest BCUT2D eigenvalue weighted by atomic mass is 19.3. The summed E-state index contributed by atoms with van der Waals surface area (Å²) in [6.07, 6.45) is -1.61. The van der Waals surface area contributed by atoms with Gasteiger partial charge >= 0.3 is 0 Å². The number of aryl methyl sites for hydroxylation is 1. The number of alkyl halides is 2. The lowest BCUT2D eigenvalue weighted by atomic mass is 10.0. The highest BCUT2D eigenvalue weighted by Crippen LogP contribution is 2.31. The minimum Gasteiger partial charge on any atom is -0.363 e. The van der Waals surface area contributed by atoms with Gasteiger partial charge in [-0.3, -0.25) is 4.79 Å². The molecular formula is C23H24F3N7O. The van der Waals surface area contributed by atoms with Gasteiger partial charge in [0.25, 0.3) is 12.3 Å². The lowest BCUT2D eigenvalue weighted by Gasteiger charge is -2.21. The number of hydrogen-bond donors (Lipinski definition) is 2. The van der Waals surface area contributed by atoms with E-state index in [2.05, 4.69) is 30.7 Å². The Bertz CT molecular complexity index is 1400. The van der Waals surface area contributed by atoms with Crippen LogP contribution in [-0.2, 0) is 0 Å². The van der Waals surface area contributed by atoms with Crippen molar-refractivity contribution in [2.24, 2.45) is 0 Å². The van der Waals surface area contributed by atoms with Gasteiger partial charge in [-0.15, -0.1) is 0 Å². The van der Waals surface area contributed by atoms with Gasteiger partial charge in [-0.25, -0.2) is 28.1 Å². The smallest absolute Gasteiger partial charge is 0.266 e. The standard InChI is InChI=1S/C23H24F3N7O/c1-11(13-7-6-8-14(17(13)24)18(25)26)29-19-15-9-16(22(34)32-23(3,4)5)20-27-10-28-33(20)21(15)31-12(2)30-19/h6-11,18H,1-5H3,(H,32,34)(H,29,30,31)/t11-/m1/s1. The van der Waals surface area contributed by atoms with Crippen LogP contribution in [0.25, 0.3) is 16.7 Å². The molecule has 0 unspecified atom stereocenters. The third-order valence-electron chi connectivity index (χ3n) is 5.16. The van der Waals surface area contributed by atoms with Gasteiger partial charge in [0.05, 0.1) is 22.6 Å². The van der Waals surface area contributed by atoms with Crippen LogP contribution in [0.2, 0.25) is 0 Å². The van der Waals surface area contributed by atoms with Crippen molar-refractivity contribution < 1.29 is 18.0 Å². The second kappa shape index (κ2) is 8.54. The SMILES string of the molecule is Cc1nc(N[C@H](C)c2cccc(C(F)F)c2F)c2cc(C(=O)NC(C)(C)C)c3ncnn3c2n1. The summed E-state index contributed by atoms with van der Waals surface area (Å²) in [6.45, 7) is 8.89. The molecule has 8 nitrogen and oxygen atoms in total. The van der Waals surface area contributed by atoms with E-state index in [1.165, 1.54) is 23.0 Å². The molecule has 4 rings (SSSR count). The lowest BCUT2D eigenvalue weighted by molar-refractivity contribution is 0.0920. The van der Waals surface area contributed by atoms with Crippen molar-refractivity contribution in [2.75, 3.05) is 5.32 Å². The second-order valence-corrected chi connectivity index (χ2v) is 9.03. The molecule has 3 aromatic heterocycles. The molecular weight excluding hydrogens is 447 g/mol. The number of benzene rings is 1. The molecule has 178 valence electrons. The van der Waals surface area contributed by atoms with Gasteiger partial charge < -0.3 is 10.6 Å². The summed E-state index contributed by atoms with van der Waals surface area (Å²) < 4.78 is 42.5. The van der Waals surface area contributed by atoms with Crippen molar-refractivity contribution in [1.82, 2.24) is 29.9 Å². The zero-order valence-electron chi connectivity index (χ0n) is 19.3. The predicted molar refractivity (Wildman–Crippen MR) is 121 cm³/mol. The van der Waals surface area contributed by atoms with Crippen LogP contribution in [0.3, 0.4) is 0 Å². The number of amides is 1. The number of aromatic nitrogens is 5. The number of pyridine rings is 1. The number of rotatable bonds is 5. The van der Waals surface area contributed by atoms with Gasteiger partial charge in [-0.2, -0.15) is 9.61 Å². The Kier molecular flexibility index (Phi) is 5.88. The summed E-state index contributed by atoms with van der Waals surface area (Å²) in [5, 5.41) is 10.7. The molecule has 0 fully saturated rings. The van der Waals surface area contributed by atoms with E-state index in [-0.39, 0.29) is 17.0 Å². The van der Waals surface area contributed by atoms with Crippen molar-refractivity contribution >= 4 is 28.4 Å². The quantitative estimate of drug-likeness (QED) is 0.436. The first-order valence-corrected chi connectivity index (χ1v) is 10.6. The Morgan fingerprint density at radius 1 is 1.12 bits per heavy atom. The molecule has 1 aromatic carbocycles. The Morgan fingerprint density at radius 2 is 1.82 bits per heavy atom. The molecule has 0 saturated carbocycles. The van der Waals surface area contributed by atoms with Crippen LogP contribution in [0.5, 0.6) is 0 Å². The average molecular weight is 471 g/mol. The van der Waals surface area contributed by atoms with Gasteiger partial charge in [-0.05, 0) is 40.7 Å². The summed E-state index contributed by atoms with van der Waals surface area (Å²) in [7, 11) is 0. The van der Waals surface area contributed by atoms with Crippen LogP contribution >= 0.6 is 0 Å². The Hall–Kier alpha value is -3.76. The summed E-state index contributed by atoms with van der Waals surface area (Å²) in [5.41, 5.74) is -0.120. The van der Waals surface area contributed by atoms with Crippen LogP contribution in [0.1, 0.15) is 67.5 Å². The van der Waals surface area contributed by atoms with E-state index < -0.39 is 29.4 Å². The van der Waals surface area contributed by atoms with E-state index in [9.17, 15) is 18.0 Å². The summed E-state index contributed by atoms with van der Waals surface area (Å²) in [4.78, 5) is 26.1. The number of fused-ring (bicyclic) bond motifs is 3. The summed E-state index contributed by atoms with van der Waals surface area (Å²) in [5.74, 6) is -0.633. The number of anilines is 1. The van der Waals surface area contributed by atoms with Gasteiger partial charge in [0.15, 0.2) is 11.3 Å². The zero-order chi connectivity index (χ0) is 24.8. The molecule has 0 saturated heterocycles. The highest BCUT2D eigenvalue weighted by molar-refractivity contribution is 6.04. The Labute approximate surface area is 193 Å². The molecule has 1 amide bonds. The number of carbonyl (C=O) groups excluding carboxylic acids is 1. The number of nitrogens with one attached hydrogen (secondary N) is 2. The first kappa shape index (κ1) is 23.4. The Morgan fingerprint density at radius 3 is 2.50 bits per heavy atom.